The fraction of sp³-hybridized carbons (Fsp3) is 0.460. The maximum absolute atomic E-state index is 14.0. The quantitative estimate of drug-likeness (QED) is 0.0433. The van der Waals surface area contributed by atoms with Gasteiger partial charge in [-0.25, -0.2) is 9.97 Å². The molecular formula is C50H65N13O8S. The van der Waals surface area contributed by atoms with Crippen LogP contribution in [0.25, 0.3) is 21.8 Å². The van der Waals surface area contributed by atoms with Gasteiger partial charge in [-0.1, -0.05) is 76.8 Å². The average molecular weight is 1010 g/mol. The molecule has 384 valence electrons. The summed E-state index contributed by atoms with van der Waals surface area (Å²) in [5.41, 5.74) is 5.30. The maximum atomic E-state index is 14.0. The summed E-state index contributed by atoms with van der Waals surface area (Å²) in [6, 6.07) is 12.8. The van der Waals surface area contributed by atoms with Crippen LogP contribution in [0.4, 0.5) is 17.2 Å². The highest BCUT2D eigenvalue weighted by atomic mass is 32.1. The van der Waals surface area contributed by atoms with Crippen molar-refractivity contribution in [3.8, 4) is 27.6 Å². The first-order valence-corrected chi connectivity index (χ1v) is 24.8. The van der Waals surface area contributed by atoms with Crippen molar-refractivity contribution in [1.82, 2.24) is 56.1 Å². The topological polar surface area (TPSA) is 277 Å². The van der Waals surface area contributed by atoms with Gasteiger partial charge in [-0.3, -0.25) is 33.4 Å². The lowest BCUT2D eigenvalue weighted by Crippen LogP contribution is -2.57. The number of methoxy groups -OCH3 is 1. The molecule has 6 amide bonds. The number of nitrogens with one attached hydrogen (secondary N) is 6. The van der Waals surface area contributed by atoms with Crippen LogP contribution in [0, 0.1) is 12.3 Å². The van der Waals surface area contributed by atoms with Crippen molar-refractivity contribution in [2.75, 3.05) is 37.9 Å². The van der Waals surface area contributed by atoms with Gasteiger partial charge in [-0.05, 0) is 48.4 Å². The second-order valence-corrected chi connectivity index (χ2v) is 19.6. The number of anilines is 3. The largest absolute Gasteiger partial charge is 0.494 e. The third-order valence-corrected chi connectivity index (χ3v) is 13.0. The Bertz CT molecular complexity index is 2700. The number of hydrogen-bond acceptors (Lipinski definition) is 15. The molecule has 21 nitrogen and oxygen atoms in total. The second-order valence-electron chi connectivity index (χ2n) is 18.7. The molecule has 6 rings (SSSR count). The number of unbranched alkanes of at least 4 members (excludes halogenated alkanes) is 5. The van der Waals surface area contributed by atoms with Crippen LogP contribution in [0.2, 0.25) is 0 Å². The van der Waals surface area contributed by atoms with Crippen LogP contribution in [0.15, 0.2) is 60.4 Å². The van der Waals surface area contributed by atoms with Crippen molar-refractivity contribution in [1.29, 1.82) is 0 Å². The molecule has 4 heterocycles. The molecule has 1 fully saturated rings. The van der Waals surface area contributed by atoms with Crippen LogP contribution < -0.4 is 36.6 Å². The number of nitrogens with zero attached hydrogens (tertiary/aromatic N) is 7. The summed E-state index contributed by atoms with van der Waals surface area (Å²) in [5.74, 6) is -1.51. The van der Waals surface area contributed by atoms with Gasteiger partial charge < -0.3 is 46.6 Å². The first-order valence-electron chi connectivity index (χ1n) is 24.0. The summed E-state index contributed by atoms with van der Waals surface area (Å²) in [4.78, 5) is 89.9. The third kappa shape index (κ3) is 14.6. The maximum Gasteiger partial charge on any atom is 0.273 e. The number of aryl methyl sites for hydroxylation is 2. The number of ether oxygens (including phenoxy) is 1. The summed E-state index contributed by atoms with van der Waals surface area (Å²) in [6.07, 6.45) is 5.67. The van der Waals surface area contributed by atoms with E-state index in [0.29, 0.717) is 35.7 Å². The number of hydrogen-bond donors (Lipinski definition) is 7. The van der Waals surface area contributed by atoms with Crippen molar-refractivity contribution >= 4 is 64.0 Å². The van der Waals surface area contributed by atoms with Gasteiger partial charge in [0.15, 0.2) is 23.1 Å². The number of β-amino-alcohol motifs (C(OH)–C–C–N with tert-alkyl or cyclic N) is 1. The first kappa shape index (κ1) is 54.0. The van der Waals surface area contributed by atoms with E-state index in [4.69, 9.17) is 4.74 Å². The van der Waals surface area contributed by atoms with Gasteiger partial charge >= 0.3 is 0 Å². The van der Waals surface area contributed by atoms with Crippen LogP contribution in [-0.2, 0) is 37.6 Å². The highest BCUT2D eigenvalue weighted by Crippen LogP contribution is 2.37. The van der Waals surface area contributed by atoms with Gasteiger partial charge in [0.05, 0.1) is 52.8 Å². The molecule has 5 aromatic rings. The summed E-state index contributed by atoms with van der Waals surface area (Å²) in [6.45, 7) is 7.46. The van der Waals surface area contributed by atoms with Crippen LogP contribution in [-0.4, -0.2) is 121 Å². The van der Waals surface area contributed by atoms with Crippen LogP contribution in [0.3, 0.4) is 0 Å². The Morgan fingerprint density at radius 3 is 2.24 bits per heavy atom. The molecule has 7 N–H and O–H groups in total. The van der Waals surface area contributed by atoms with E-state index in [9.17, 15) is 33.9 Å². The number of likely N-dealkylation sites (tertiary alicyclic amines) is 1. The molecular weight excluding hydrogens is 943 g/mol. The fourth-order valence-electron chi connectivity index (χ4n) is 8.22. The molecule has 1 aliphatic heterocycles. The van der Waals surface area contributed by atoms with Gasteiger partial charge in [0, 0.05) is 52.5 Å². The molecule has 0 radical (unpaired) electrons. The number of aromatic nitrogens is 6. The Balaban J connectivity index is 0.882. The SMILES string of the molecule is CNC(=O)c1nnc(NC(=O)CNC(=O)CCCCCCCCC(=O)NC(C(=O)N2C[C@H](O)C[C@H]2C(=O)NCc2ccc(-c3scnc3C)cc2)C(C)(C)C)cc1Nc1cccc(-c2ncn(C)n2)c1OC. The summed E-state index contributed by atoms with van der Waals surface area (Å²) in [5, 5.41) is 39.7. The molecule has 72 heavy (non-hydrogen) atoms. The minimum atomic E-state index is -0.910. The molecule has 0 spiro atoms. The lowest BCUT2D eigenvalue weighted by atomic mass is 9.85. The van der Waals surface area contributed by atoms with Gasteiger partial charge in [-0.2, -0.15) is 5.10 Å². The predicted octanol–water partition coefficient (Wildman–Crippen LogP) is 4.80. The van der Waals surface area contributed by atoms with E-state index in [2.05, 4.69) is 57.2 Å². The number of aliphatic hydroxyl groups excluding tert-OH is 1. The van der Waals surface area contributed by atoms with Crippen LogP contribution >= 0.6 is 11.3 Å². The fourth-order valence-corrected chi connectivity index (χ4v) is 9.03. The third-order valence-electron chi connectivity index (χ3n) is 12.0. The summed E-state index contributed by atoms with van der Waals surface area (Å²) < 4.78 is 7.25. The Morgan fingerprint density at radius 2 is 1.60 bits per heavy atom. The average Bonchev–Trinajstić information content (AvgIpc) is 4.11. The number of carbonyl (C=O) groups is 6. The Labute approximate surface area is 422 Å². The van der Waals surface area contributed by atoms with Crippen molar-refractivity contribution in [3.63, 3.8) is 0 Å². The van der Waals surface area contributed by atoms with E-state index in [1.807, 2.05) is 57.5 Å². The highest BCUT2D eigenvalue weighted by Gasteiger charge is 2.44. The molecule has 3 aromatic heterocycles. The van der Waals surface area contributed by atoms with E-state index in [1.165, 1.54) is 25.1 Å². The predicted molar refractivity (Wildman–Crippen MR) is 272 cm³/mol. The number of rotatable bonds is 23. The standard InChI is InChI=1S/C50H65N13O8S/c1-30-44(72-29-55-30)32-21-19-31(20-22-32)25-53-47(68)37-23-33(64)27-63(37)49(70)45(50(2,3)4)58-40(66)18-13-11-9-8-10-12-17-39(65)52-26-41(67)57-38-24-36(42(60-59-38)48(69)51-5)56-35-16-14-15-34(43(35)71-7)46-54-28-62(6)61-46/h14-16,19-22,24,28-29,33,37,45,64H,8-13,17-18,23,25-27H2,1-7H3,(H,51,69)(H,52,65)(H,53,68)(H,58,66)(H2,56,57,59,67)/t33-,37+,45?/m1/s1. The van der Waals surface area contributed by atoms with Crippen molar-refractivity contribution in [3.05, 3.63) is 77.3 Å². The highest BCUT2D eigenvalue weighted by molar-refractivity contribution is 7.13. The summed E-state index contributed by atoms with van der Waals surface area (Å²) in [7, 11) is 4.70. The minimum absolute atomic E-state index is 0.00746. The molecule has 1 saturated heterocycles. The van der Waals surface area contributed by atoms with Crippen molar-refractivity contribution < 1.29 is 38.6 Å². The summed E-state index contributed by atoms with van der Waals surface area (Å²) >= 11 is 1.57. The van der Waals surface area contributed by atoms with E-state index in [1.54, 1.807) is 47.6 Å². The number of thiazole rings is 1. The molecule has 0 saturated carbocycles. The van der Waals surface area contributed by atoms with Gasteiger partial charge in [0.25, 0.3) is 5.91 Å². The molecule has 2 aromatic carbocycles. The second kappa shape index (κ2) is 25.2. The van der Waals surface area contributed by atoms with Gasteiger partial charge in [0.1, 0.15) is 18.4 Å². The molecule has 3 atom stereocenters. The zero-order valence-corrected chi connectivity index (χ0v) is 42.7. The number of amides is 6. The van der Waals surface area contributed by atoms with E-state index >= 15 is 0 Å². The monoisotopic (exact) mass is 1010 g/mol. The molecule has 1 aliphatic rings. The molecule has 0 aliphatic carbocycles. The number of aliphatic hydroxyl groups is 1. The van der Waals surface area contributed by atoms with Gasteiger partial charge in [0.2, 0.25) is 29.5 Å². The van der Waals surface area contributed by atoms with Crippen LogP contribution in [0.5, 0.6) is 5.75 Å². The Kier molecular flexibility index (Phi) is 18.9. The van der Waals surface area contributed by atoms with E-state index in [0.717, 1.165) is 47.4 Å². The Morgan fingerprint density at radius 1 is 0.889 bits per heavy atom. The molecule has 0 bridgehead atoms. The number of carbonyl (C=O) groups excluding carboxylic acids is 6. The van der Waals surface area contributed by atoms with Crippen molar-refractivity contribution in [2.45, 2.75) is 110 Å². The van der Waals surface area contributed by atoms with Crippen LogP contribution in [0.1, 0.15) is 100 Å². The zero-order valence-electron chi connectivity index (χ0n) is 41.8. The molecule has 22 heteroatoms. The lowest BCUT2D eigenvalue weighted by molar-refractivity contribution is -0.144. The van der Waals surface area contributed by atoms with E-state index < -0.39 is 41.3 Å². The number of benzene rings is 2. The lowest BCUT2D eigenvalue weighted by Gasteiger charge is -2.35. The van der Waals surface area contributed by atoms with Crippen molar-refractivity contribution in [2.24, 2.45) is 12.5 Å². The smallest absolute Gasteiger partial charge is 0.273 e. The van der Waals surface area contributed by atoms with E-state index in [-0.39, 0.29) is 73.8 Å². The zero-order chi connectivity index (χ0) is 52.0. The minimum Gasteiger partial charge on any atom is -0.494 e. The Hall–Kier alpha value is -7.33. The molecule has 1 unspecified atom stereocenters. The normalized spacial score (nSPS) is 14.8. The van der Waals surface area contributed by atoms with Gasteiger partial charge in [-0.15, -0.1) is 21.5 Å². The first-order chi connectivity index (χ1) is 34.4. The number of para-hydroxylation sites is 1.